The van der Waals surface area contributed by atoms with E-state index < -0.39 is 18.4 Å². The van der Waals surface area contributed by atoms with Crippen molar-refractivity contribution in [3.05, 3.63) is 12.0 Å². The Morgan fingerprint density at radius 1 is 1.58 bits per heavy atom. The average Bonchev–Trinajstić information content (AvgIpc) is 2.93. The van der Waals surface area contributed by atoms with E-state index in [-0.39, 0.29) is 18.9 Å². The van der Waals surface area contributed by atoms with Gasteiger partial charge in [-0.05, 0) is 0 Å². The number of rotatable bonds is 2. The third-order valence-electron chi connectivity index (χ3n) is 3.28. The lowest BCUT2D eigenvalue weighted by Gasteiger charge is -2.15. The van der Waals surface area contributed by atoms with Gasteiger partial charge in [0.1, 0.15) is 24.7 Å². The van der Waals surface area contributed by atoms with Gasteiger partial charge < -0.3 is 20.3 Å². The van der Waals surface area contributed by atoms with E-state index in [1.165, 1.54) is 12.7 Å². The lowest BCUT2D eigenvalue weighted by atomic mass is 10.2. The van der Waals surface area contributed by atoms with Crippen molar-refractivity contribution in [3.8, 4) is 0 Å². The standard InChI is InChI=1S/C11H14N4O4/c16-3-8-6(17)1-9(19-8)15-5-14-10-7(18)2-12-4-13-11(10)15/h4-6,8-9,16-17H,1-3H2,(H,12,13). The zero-order chi connectivity index (χ0) is 13.4. The summed E-state index contributed by atoms with van der Waals surface area (Å²) in [5.74, 6) is 0.328. The number of ether oxygens (including phenoxy) is 1. The van der Waals surface area contributed by atoms with Crippen LogP contribution >= 0.6 is 0 Å². The number of ketones is 1. The second-order valence-electron chi connectivity index (χ2n) is 4.50. The first-order valence-electron chi connectivity index (χ1n) is 6.00. The van der Waals surface area contributed by atoms with E-state index in [4.69, 9.17) is 9.84 Å². The van der Waals surface area contributed by atoms with Crippen molar-refractivity contribution in [2.24, 2.45) is 4.99 Å². The minimum absolute atomic E-state index is 0.0599. The van der Waals surface area contributed by atoms with Crippen molar-refractivity contribution in [3.63, 3.8) is 0 Å². The summed E-state index contributed by atoms with van der Waals surface area (Å²) in [7, 11) is 0. The number of aromatic nitrogens is 2. The highest BCUT2D eigenvalue weighted by Crippen LogP contribution is 2.32. The molecule has 1 saturated heterocycles. The van der Waals surface area contributed by atoms with Crippen molar-refractivity contribution in [2.45, 2.75) is 24.9 Å². The number of nitrogens with zero attached hydrogens (tertiary/aromatic N) is 3. The molecule has 3 atom stereocenters. The minimum atomic E-state index is -0.733. The topological polar surface area (TPSA) is 109 Å². The fourth-order valence-corrected chi connectivity index (χ4v) is 2.29. The molecule has 3 N–H and O–H groups in total. The van der Waals surface area contributed by atoms with E-state index in [2.05, 4.69) is 15.3 Å². The van der Waals surface area contributed by atoms with Gasteiger partial charge in [-0.3, -0.25) is 14.4 Å². The lowest BCUT2D eigenvalue weighted by molar-refractivity contribution is -0.0437. The van der Waals surface area contributed by atoms with Crippen LogP contribution in [0.3, 0.4) is 0 Å². The molecule has 3 unspecified atom stereocenters. The molecule has 2 aliphatic rings. The Bertz CT molecular complexity index is 527. The van der Waals surface area contributed by atoms with Gasteiger partial charge in [-0.1, -0.05) is 0 Å². The van der Waals surface area contributed by atoms with Gasteiger partial charge >= 0.3 is 0 Å². The third kappa shape index (κ3) is 2.03. The summed E-state index contributed by atoms with van der Waals surface area (Å²) < 4.78 is 7.18. The molecule has 0 radical (unpaired) electrons. The van der Waals surface area contributed by atoms with Gasteiger partial charge in [0.15, 0.2) is 5.69 Å². The van der Waals surface area contributed by atoms with Gasteiger partial charge in [0, 0.05) is 6.42 Å². The second-order valence-corrected chi connectivity index (χ2v) is 4.50. The van der Waals surface area contributed by atoms with Crippen LogP contribution in [0.25, 0.3) is 0 Å². The van der Waals surface area contributed by atoms with E-state index in [0.29, 0.717) is 17.9 Å². The number of Topliss-reactive ketones (excluding diaryl/α,β-unsaturated/α-hetero) is 1. The highest BCUT2D eigenvalue weighted by atomic mass is 16.5. The van der Waals surface area contributed by atoms with Crippen molar-refractivity contribution in [2.75, 3.05) is 18.5 Å². The molecule has 0 saturated carbocycles. The van der Waals surface area contributed by atoms with Crippen LogP contribution in [0.15, 0.2) is 11.3 Å². The number of nitrogens with one attached hydrogen (secondary N) is 1. The Hall–Kier alpha value is -1.77. The molecule has 0 amide bonds. The maximum atomic E-state index is 11.8. The zero-order valence-electron chi connectivity index (χ0n) is 10.1. The van der Waals surface area contributed by atoms with Crippen LogP contribution in [0.5, 0.6) is 0 Å². The number of carbonyl (C=O) groups is 1. The number of aliphatic hydroxyl groups is 2. The Labute approximate surface area is 108 Å². The molecule has 2 aliphatic heterocycles. The molecule has 102 valence electrons. The largest absolute Gasteiger partial charge is 0.394 e. The van der Waals surface area contributed by atoms with E-state index in [9.17, 15) is 9.90 Å². The summed E-state index contributed by atoms with van der Waals surface area (Å²) in [5, 5.41) is 21.7. The highest BCUT2D eigenvalue weighted by molar-refractivity contribution is 6.04. The molecule has 0 bridgehead atoms. The van der Waals surface area contributed by atoms with Gasteiger partial charge in [-0.25, -0.2) is 4.98 Å². The number of aliphatic imine (C=N–C) groups is 1. The monoisotopic (exact) mass is 266 g/mol. The average molecular weight is 266 g/mol. The Kier molecular flexibility index (Phi) is 3.05. The van der Waals surface area contributed by atoms with Crippen LogP contribution in [-0.2, 0) is 4.74 Å². The van der Waals surface area contributed by atoms with Crippen LogP contribution in [0.1, 0.15) is 23.1 Å². The SMILES string of the molecule is O=C1CN=CNc2c1ncn2C1CC(O)C(CO)O1. The van der Waals surface area contributed by atoms with Gasteiger partial charge in [0.2, 0.25) is 5.78 Å². The fraction of sp³-hybridized carbons (Fsp3) is 0.545. The predicted octanol–water partition coefficient (Wildman–Crippen LogP) is -0.840. The first-order valence-corrected chi connectivity index (χ1v) is 6.00. The predicted molar refractivity (Wildman–Crippen MR) is 65.2 cm³/mol. The fourth-order valence-electron chi connectivity index (χ4n) is 2.29. The number of aliphatic hydroxyl groups excluding tert-OH is 2. The number of hydrogen-bond donors (Lipinski definition) is 3. The molecule has 19 heavy (non-hydrogen) atoms. The first kappa shape index (κ1) is 12.3. The van der Waals surface area contributed by atoms with Gasteiger partial charge in [-0.2, -0.15) is 0 Å². The molecular formula is C11H14N4O4. The van der Waals surface area contributed by atoms with Crippen LogP contribution in [0.2, 0.25) is 0 Å². The Balaban J connectivity index is 1.91. The number of carbonyl (C=O) groups excluding carboxylic acids is 1. The van der Waals surface area contributed by atoms with Gasteiger partial charge in [-0.15, -0.1) is 0 Å². The highest BCUT2D eigenvalue weighted by Gasteiger charge is 2.36. The number of anilines is 1. The third-order valence-corrected chi connectivity index (χ3v) is 3.28. The first-order chi connectivity index (χ1) is 9.20. The summed E-state index contributed by atoms with van der Waals surface area (Å²) in [5.41, 5.74) is 0.308. The van der Waals surface area contributed by atoms with Crippen LogP contribution in [-0.4, -0.2) is 57.2 Å². The van der Waals surface area contributed by atoms with Crippen LogP contribution in [0, 0.1) is 0 Å². The molecule has 0 spiro atoms. The lowest BCUT2D eigenvalue weighted by Crippen LogP contribution is -2.24. The molecule has 8 heteroatoms. The maximum absolute atomic E-state index is 11.8. The quantitative estimate of drug-likeness (QED) is 0.644. The minimum Gasteiger partial charge on any atom is -0.394 e. The second kappa shape index (κ2) is 4.72. The zero-order valence-corrected chi connectivity index (χ0v) is 10.1. The smallest absolute Gasteiger partial charge is 0.206 e. The van der Waals surface area contributed by atoms with E-state index in [0.717, 1.165) is 0 Å². The van der Waals surface area contributed by atoms with Crippen molar-refractivity contribution >= 4 is 17.9 Å². The Morgan fingerprint density at radius 2 is 2.42 bits per heavy atom. The van der Waals surface area contributed by atoms with Crippen molar-refractivity contribution < 1.29 is 19.7 Å². The number of hydrogen-bond acceptors (Lipinski definition) is 7. The maximum Gasteiger partial charge on any atom is 0.206 e. The van der Waals surface area contributed by atoms with E-state index in [1.54, 1.807) is 4.57 Å². The van der Waals surface area contributed by atoms with E-state index >= 15 is 0 Å². The molecule has 1 fully saturated rings. The molecule has 1 aromatic heterocycles. The molecule has 1 aromatic rings. The van der Waals surface area contributed by atoms with Crippen molar-refractivity contribution in [1.82, 2.24) is 9.55 Å². The summed E-state index contributed by atoms with van der Waals surface area (Å²) in [6.45, 7) is -0.188. The Morgan fingerprint density at radius 3 is 3.16 bits per heavy atom. The van der Waals surface area contributed by atoms with Gasteiger partial charge in [0.05, 0.1) is 25.4 Å². The van der Waals surface area contributed by atoms with E-state index in [1.807, 2.05) is 0 Å². The van der Waals surface area contributed by atoms with Crippen LogP contribution < -0.4 is 5.32 Å². The molecular weight excluding hydrogens is 252 g/mol. The summed E-state index contributed by atoms with van der Waals surface area (Å²) in [6, 6.07) is 0. The van der Waals surface area contributed by atoms with Crippen molar-refractivity contribution in [1.29, 1.82) is 0 Å². The molecule has 3 rings (SSSR count). The number of fused-ring (bicyclic) bond motifs is 1. The molecule has 8 nitrogen and oxygen atoms in total. The molecule has 3 heterocycles. The summed E-state index contributed by atoms with van der Waals surface area (Å²) in [6.07, 6.45) is 1.46. The number of imidazole rings is 1. The summed E-state index contributed by atoms with van der Waals surface area (Å²) in [4.78, 5) is 19.7. The van der Waals surface area contributed by atoms with Gasteiger partial charge in [0.25, 0.3) is 0 Å². The molecule has 0 aromatic carbocycles. The molecule has 0 aliphatic carbocycles. The summed E-state index contributed by atoms with van der Waals surface area (Å²) >= 11 is 0. The van der Waals surface area contributed by atoms with Crippen LogP contribution in [0.4, 0.5) is 5.82 Å². The normalized spacial score (nSPS) is 30.0.